The normalized spacial score (nSPS) is 10.4. The lowest BCUT2D eigenvalue weighted by Gasteiger charge is -2.10. The van der Waals surface area contributed by atoms with Gasteiger partial charge in [0.1, 0.15) is 10.6 Å². The molecule has 1 amide bonds. The first-order chi connectivity index (χ1) is 9.95. The van der Waals surface area contributed by atoms with E-state index in [2.05, 4.69) is 5.32 Å². The molecular formula is C15H15NO4S. The Balaban J connectivity index is 2.03. The second kappa shape index (κ2) is 6.41. The Morgan fingerprint density at radius 1 is 1.10 bits per heavy atom. The van der Waals surface area contributed by atoms with Crippen molar-refractivity contribution in [1.82, 2.24) is 0 Å². The molecule has 0 aliphatic carbocycles. The third-order valence-corrected chi connectivity index (χ3v) is 3.60. The van der Waals surface area contributed by atoms with Crippen LogP contribution in [0, 0.1) is 0 Å². The van der Waals surface area contributed by atoms with Crippen LogP contribution in [0.1, 0.15) is 33.2 Å². The Bertz CT molecular complexity index is 646. The molecule has 21 heavy (non-hydrogen) atoms. The first kappa shape index (κ1) is 15.1. The van der Waals surface area contributed by atoms with E-state index in [1.165, 1.54) is 12.1 Å². The van der Waals surface area contributed by atoms with Gasteiger partial charge in [-0.1, -0.05) is 0 Å². The second-order valence-electron chi connectivity index (χ2n) is 4.61. The van der Waals surface area contributed by atoms with Gasteiger partial charge in [-0.05, 0) is 50.2 Å². The Labute approximate surface area is 126 Å². The number of amides is 1. The number of carboxylic acid groups (broad SMARTS) is 1. The quantitative estimate of drug-likeness (QED) is 0.886. The number of hydrogen-bond acceptors (Lipinski definition) is 4. The summed E-state index contributed by atoms with van der Waals surface area (Å²) in [5.74, 6) is -0.633. The van der Waals surface area contributed by atoms with E-state index >= 15 is 0 Å². The zero-order chi connectivity index (χ0) is 15.4. The van der Waals surface area contributed by atoms with Crippen molar-refractivity contribution in [3.8, 4) is 5.75 Å². The van der Waals surface area contributed by atoms with E-state index in [0.717, 1.165) is 17.1 Å². The van der Waals surface area contributed by atoms with Gasteiger partial charge in [0.15, 0.2) is 0 Å². The molecule has 0 spiro atoms. The highest BCUT2D eigenvalue weighted by Gasteiger charge is 2.13. The van der Waals surface area contributed by atoms with Gasteiger partial charge in [0, 0.05) is 5.69 Å². The number of anilines is 1. The summed E-state index contributed by atoms with van der Waals surface area (Å²) in [4.78, 5) is 23.3. The highest BCUT2D eigenvalue weighted by Crippen LogP contribution is 2.20. The van der Waals surface area contributed by atoms with E-state index in [4.69, 9.17) is 9.84 Å². The Morgan fingerprint density at radius 3 is 2.24 bits per heavy atom. The number of carboxylic acids is 1. The van der Waals surface area contributed by atoms with Crippen molar-refractivity contribution in [2.45, 2.75) is 20.0 Å². The fourth-order valence-corrected chi connectivity index (χ4v) is 2.40. The molecule has 1 aromatic heterocycles. The minimum Gasteiger partial charge on any atom is -0.491 e. The van der Waals surface area contributed by atoms with Crippen molar-refractivity contribution >= 4 is 28.9 Å². The van der Waals surface area contributed by atoms with Gasteiger partial charge in [0.05, 0.1) is 11.0 Å². The molecule has 0 aliphatic rings. The second-order valence-corrected chi connectivity index (χ2v) is 5.70. The van der Waals surface area contributed by atoms with Crippen LogP contribution in [-0.4, -0.2) is 23.1 Å². The SMILES string of the molecule is CC(C)Oc1ccc(NC(=O)c2ccc(C(=O)O)s2)cc1. The summed E-state index contributed by atoms with van der Waals surface area (Å²) in [5.41, 5.74) is 0.626. The van der Waals surface area contributed by atoms with Gasteiger partial charge in [0.2, 0.25) is 0 Å². The first-order valence-electron chi connectivity index (χ1n) is 6.37. The van der Waals surface area contributed by atoms with Gasteiger partial charge in [-0.15, -0.1) is 11.3 Å². The molecule has 1 heterocycles. The van der Waals surface area contributed by atoms with E-state index in [1.54, 1.807) is 24.3 Å². The lowest BCUT2D eigenvalue weighted by molar-refractivity contribution is 0.0702. The molecule has 5 nitrogen and oxygen atoms in total. The van der Waals surface area contributed by atoms with Crippen molar-refractivity contribution in [3.63, 3.8) is 0 Å². The molecule has 0 atom stereocenters. The maximum Gasteiger partial charge on any atom is 0.345 e. The zero-order valence-electron chi connectivity index (χ0n) is 11.6. The van der Waals surface area contributed by atoms with Crippen LogP contribution in [0.25, 0.3) is 0 Å². The van der Waals surface area contributed by atoms with Crippen LogP contribution in [0.4, 0.5) is 5.69 Å². The molecule has 0 saturated carbocycles. The van der Waals surface area contributed by atoms with Crippen molar-refractivity contribution in [1.29, 1.82) is 0 Å². The van der Waals surface area contributed by atoms with Gasteiger partial charge >= 0.3 is 5.97 Å². The molecule has 0 fully saturated rings. The number of carbonyl (C=O) groups is 2. The highest BCUT2D eigenvalue weighted by atomic mass is 32.1. The molecule has 0 radical (unpaired) electrons. The number of aromatic carboxylic acids is 1. The summed E-state index contributed by atoms with van der Waals surface area (Å²) in [7, 11) is 0. The maximum absolute atomic E-state index is 12.0. The Kier molecular flexibility index (Phi) is 4.59. The number of benzene rings is 1. The van der Waals surface area contributed by atoms with Gasteiger partial charge < -0.3 is 15.2 Å². The van der Waals surface area contributed by atoms with Crippen LogP contribution in [0.5, 0.6) is 5.75 Å². The summed E-state index contributed by atoms with van der Waals surface area (Å²) in [6, 6.07) is 9.93. The van der Waals surface area contributed by atoms with Crippen LogP contribution >= 0.6 is 11.3 Å². The third kappa shape index (κ3) is 4.06. The van der Waals surface area contributed by atoms with Crippen molar-refractivity contribution in [2.24, 2.45) is 0 Å². The predicted molar refractivity (Wildman–Crippen MR) is 81.4 cm³/mol. The van der Waals surface area contributed by atoms with E-state index in [-0.39, 0.29) is 16.9 Å². The Hall–Kier alpha value is -2.34. The number of carbonyl (C=O) groups excluding carboxylic acids is 1. The molecule has 1 aromatic carbocycles. The molecule has 2 N–H and O–H groups in total. The lowest BCUT2D eigenvalue weighted by atomic mass is 10.3. The molecule has 6 heteroatoms. The topological polar surface area (TPSA) is 75.6 Å². The van der Waals surface area contributed by atoms with E-state index in [9.17, 15) is 9.59 Å². The van der Waals surface area contributed by atoms with Crippen LogP contribution in [-0.2, 0) is 0 Å². The van der Waals surface area contributed by atoms with E-state index in [1.807, 2.05) is 13.8 Å². The van der Waals surface area contributed by atoms with E-state index < -0.39 is 5.97 Å². The van der Waals surface area contributed by atoms with Crippen LogP contribution in [0.15, 0.2) is 36.4 Å². The number of nitrogens with one attached hydrogen (secondary N) is 1. The predicted octanol–water partition coefficient (Wildman–Crippen LogP) is 3.49. The largest absolute Gasteiger partial charge is 0.491 e. The molecule has 0 bridgehead atoms. The monoisotopic (exact) mass is 305 g/mol. The smallest absolute Gasteiger partial charge is 0.345 e. The molecule has 2 rings (SSSR count). The number of hydrogen-bond donors (Lipinski definition) is 2. The summed E-state index contributed by atoms with van der Waals surface area (Å²) >= 11 is 0.944. The summed E-state index contributed by atoms with van der Waals surface area (Å²) in [6.45, 7) is 3.87. The van der Waals surface area contributed by atoms with Crippen LogP contribution in [0.3, 0.4) is 0 Å². The average molecular weight is 305 g/mol. The van der Waals surface area contributed by atoms with E-state index in [0.29, 0.717) is 10.6 Å². The molecule has 2 aromatic rings. The van der Waals surface area contributed by atoms with Gasteiger partial charge in [0.25, 0.3) is 5.91 Å². The molecule has 110 valence electrons. The minimum absolute atomic E-state index is 0.0889. The standard InChI is InChI=1S/C15H15NO4S/c1-9(2)20-11-5-3-10(4-6-11)16-14(17)12-7-8-13(21-12)15(18)19/h3-9H,1-2H3,(H,16,17)(H,18,19). The highest BCUT2D eigenvalue weighted by molar-refractivity contribution is 7.15. The average Bonchev–Trinajstić information content (AvgIpc) is 2.90. The fraction of sp³-hybridized carbons (Fsp3) is 0.200. The third-order valence-electron chi connectivity index (χ3n) is 2.52. The number of rotatable bonds is 5. The minimum atomic E-state index is -1.03. The van der Waals surface area contributed by atoms with Crippen LogP contribution < -0.4 is 10.1 Å². The summed E-state index contributed by atoms with van der Waals surface area (Å²) < 4.78 is 5.51. The lowest BCUT2D eigenvalue weighted by Crippen LogP contribution is -2.10. The fourth-order valence-electron chi connectivity index (χ4n) is 1.66. The maximum atomic E-state index is 12.0. The molecule has 0 unspecified atom stereocenters. The molecular weight excluding hydrogens is 290 g/mol. The first-order valence-corrected chi connectivity index (χ1v) is 7.18. The molecule has 0 saturated heterocycles. The van der Waals surface area contributed by atoms with Gasteiger partial charge in [-0.25, -0.2) is 4.79 Å². The summed E-state index contributed by atoms with van der Waals surface area (Å²) in [6.07, 6.45) is 0.0889. The Morgan fingerprint density at radius 2 is 1.71 bits per heavy atom. The zero-order valence-corrected chi connectivity index (χ0v) is 12.4. The van der Waals surface area contributed by atoms with Crippen molar-refractivity contribution in [2.75, 3.05) is 5.32 Å². The van der Waals surface area contributed by atoms with Crippen molar-refractivity contribution in [3.05, 3.63) is 46.2 Å². The number of thiophene rings is 1. The van der Waals surface area contributed by atoms with Crippen molar-refractivity contribution < 1.29 is 19.4 Å². The number of ether oxygens (including phenoxy) is 1. The van der Waals surface area contributed by atoms with Crippen LogP contribution in [0.2, 0.25) is 0 Å². The van der Waals surface area contributed by atoms with Gasteiger partial charge in [-0.3, -0.25) is 4.79 Å². The summed E-state index contributed by atoms with van der Waals surface area (Å²) in [5, 5.41) is 11.6. The molecule has 0 aliphatic heterocycles. The van der Waals surface area contributed by atoms with Gasteiger partial charge in [-0.2, -0.15) is 0 Å².